The standard InChI is InChI=1S/C14H20O3.C13H19NO3.C13H18O3.C9H19NO2.C8H17NO2.C8H17NO.C7H15NO.8CH4/c1-4-14(2,3)13(15)17-11-10-16-12-8-6-5-7-9-12;1-4-13(2,3)12(15)17-10-9-16-11-7-5-6-8-14-11;1-3-11(2)13(14)16-10-9-15-12-7-5-4-6-8-12;1-6-9(2,3)8(11)12-7-10(4)5;1-5-7(2)8(10)11-6-9(3)4;1-6-8(2,3)7(10)9(4)5;1-5-6(2)7(9)8(3)4;;;;;;;;/h5-9H,4,10-11H2,1-3H3;5-8H,4,9-10H2,1-3H3;4-8,11H,3,9-10H2,1-2H3;6-7H2,1-5H3;7H,5-6H2,1-4H3;6H2,1-5H3;6H,5H2,1-4H3;8*1H4. The lowest BCUT2D eigenvalue weighted by molar-refractivity contribution is -0.158. The SMILES string of the molecule is C.C.C.C.C.C.C.C.CCC(C)(C)C(=O)N(C)C.CCC(C)(C)C(=O)OCCOc1ccccc1.CCC(C)(C)C(=O)OCCOc1ccccn1.CCC(C)(C)C(=O)OCN(C)C.CCC(C)C(=O)N(C)C.CCC(C)C(=O)OCCOc1ccccc1.CCC(C)C(=O)OCN(C)C. The maximum atomic E-state index is 11.6. The second kappa shape index (κ2) is 68.0. The van der Waals surface area contributed by atoms with Crippen LogP contribution in [0.1, 0.15) is 229 Å². The molecule has 3 rings (SSSR count). The molecule has 3 atom stereocenters. The molecule has 1 aromatic heterocycles. The Morgan fingerprint density at radius 3 is 0.960 bits per heavy atom. The predicted octanol–water partition coefficient (Wildman–Crippen LogP) is 18.4. The van der Waals surface area contributed by atoms with E-state index < -0.39 is 10.8 Å². The number of nitrogens with zero attached hydrogens (tertiary/aromatic N) is 5. The van der Waals surface area contributed by atoms with Crippen LogP contribution in [-0.4, -0.2) is 176 Å². The Morgan fingerprint density at radius 1 is 0.370 bits per heavy atom. The molecule has 0 N–H and O–H groups in total. The van der Waals surface area contributed by atoms with Crippen LogP contribution >= 0.6 is 0 Å². The largest absolute Gasteiger partial charge is 0.490 e. The van der Waals surface area contributed by atoms with Crippen LogP contribution in [0.25, 0.3) is 0 Å². The van der Waals surface area contributed by atoms with Gasteiger partial charge in [0.25, 0.3) is 0 Å². The first kappa shape index (κ1) is 120. The highest BCUT2D eigenvalue weighted by Crippen LogP contribution is 2.24. The van der Waals surface area contributed by atoms with Gasteiger partial charge in [-0.15, -0.1) is 0 Å². The van der Waals surface area contributed by atoms with Crippen molar-refractivity contribution in [2.45, 2.75) is 229 Å². The number of rotatable bonds is 30. The lowest BCUT2D eigenvalue weighted by atomic mass is 9.89. The van der Waals surface area contributed by atoms with Gasteiger partial charge in [-0.2, -0.15) is 0 Å². The van der Waals surface area contributed by atoms with Crippen LogP contribution in [0.3, 0.4) is 0 Å². The van der Waals surface area contributed by atoms with Gasteiger partial charge in [-0.1, -0.05) is 185 Å². The van der Waals surface area contributed by atoms with E-state index in [1.54, 1.807) is 50.3 Å². The molecular weight excluding hydrogens is 1270 g/mol. The van der Waals surface area contributed by atoms with Gasteiger partial charge in [0, 0.05) is 51.8 Å². The lowest BCUT2D eigenvalue weighted by Crippen LogP contribution is -2.35. The van der Waals surface area contributed by atoms with Gasteiger partial charge in [-0.25, -0.2) is 4.98 Å². The Hall–Kier alpha value is -6.80. The Labute approximate surface area is 615 Å². The fraction of sp³-hybridized carbons (Fsp3) is 0.700. The minimum atomic E-state index is -0.426. The van der Waals surface area contributed by atoms with Crippen molar-refractivity contribution < 1.29 is 71.5 Å². The molecule has 0 radical (unpaired) electrons. The Kier molecular flexibility index (Phi) is 81.7. The molecule has 0 aliphatic heterocycles. The highest BCUT2D eigenvalue weighted by Gasteiger charge is 2.29. The molecule has 0 aliphatic carbocycles. The number of pyridine rings is 1. The zero-order chi connectivity index (χ0) is 71.7. The Balaban J connectivity index is -0.0000000902. The number of amides is 2. The van der Waals surface area contributed by atoms with E-state index in [0.717, 1.165) is 56.4 Å². The van der Waals surface area contributed by atoms with Crippen LogP contribution in [0.5, 0.6) is 17.4 Å². The first-order valence-corrected chi connectivity index (χ1v) is 32.3. The number of esters is 5. The number of carbonyl (C=O) groups is 7. The molecular formula is C80H157N5O15. The van der Waals surface area contributed by atoms with Crippen molar-refractivity contribution in [3.05, 3.63) is 85.1 Å². The van der Waals surface area contributed by atoms with Crippen LogP contribution in [0.2, 0.25) is 0 Å². The molecule has 0 aliphatic rings. The van der Waals surface area contributed by atoms with Crippen LogP contribution in [0.15, 0.2) is 85.1 Å². The molecule has 20 heteroatoms. The molecule has 20 nitrogen and oxygen atoms in total. The Morgan fingerprint density at radius 2 is 0.680 bits per heavy atom. The van der Waals surface area contributed by atoms with Crippen molar-refractivity contribution in [1.82, 2.24) is 24.6 Å². The molecule has 3 aromatic rings. The second-order valence-electron chi connectivity index (χ2n) is 25.4. The van der Waals surface area contributed by atoms with Gasteiger partial charge in [0.2, 0.25) is 17.7 Å². The van der Waals surface area contributed by atoms with E-state index >= 15 is 0 Å². The van der Waals surface area contributed by atoms with Crippen LogP contribution in [0.4, 0.5) is 0 Å². The van der Waals surface area contributed by atoms with Crippen LogP contribution < -0.4 is 14.2 Å². The maximum absolute atomic E-state index is 11.6. The average molecular weight is 1430 g/mol. The van der Waals surface area contributed by atoms with E-state index in [4.69, 9.17) is 37.9 Å². The van der Waals surface area contributed by atoms with Gasteiger partial charge < -0.3 is 47.7 Å². The Bertz CT molecular complexity index is 2330. The maximum Gasteiger partial charge on any atom is 0.312 e. The molecule has 0 saturated carbocycles. The van der Waals surface area contributed by atoms with Crippen molar-refractivity contribution in [2.75, 3.05) is 109 Å². The fourth-order valence-corrected chi connectivity index (χ4v) is 5.73. The summed E-state index contributed by atoms with van der Waals surface area (Å²) in [6, 6.07) is 24.4. The first-order valence-electron chi connectivity index (χ1n) is 32.3. The van der Waals surface area contributed by atoms with Crippen LogP contribution in [-0.2, 0) is 57.2 Å². The van der Waals surface area contributed by atoms with Gasteiger partial charge in [0.1, 0.15) is 64.6 Å². The zero-order valence-corrected chi connectivity index (χ0v) is 61.8. The van der Waals surface area contributed by atoms with Crippen molar-refractivity contribution in [3.8, 4) is 17.4 Å². The summed E-state index contributed by atoms with van der Waals surface area (Å²) in [6.07, 6.45) is 7.45. The van der Waals surface area contributed by atoms with E-state index in [9.17, 15) is 33.6 Å². The second-order valence-corrected chi connectivity index (χ2v) is 25.4. The summed E-state index contributed by atoms with van der Waals surface area (Å²) in [5, 5.41) is 0. The molecule has 0 spiro atoms. The molecule has 0 fully saturated rings. The summed E-state index contributed by atoms with van der Waals surface area (Å²) in [4.78, 5) is 90.2. The minimum absolute atomic E-state index is 0. The fourth-order valence-electron chi connectivity index (χ4n) is 5.73. The minimum Gasteiger partial charge on any atom is -0.490 e. The summed E-state index contributed by atoms with van der Waals surface area (Å²) < 4.78 is 41.5. The molecule has 1 heterocycles. The first-order chi connectivity index (χ1) is 42.8. The van der Waals surface area contributed by atoms with E-state index in [2.05, 4.69) is 4.98 Å². The zero-order valence-electron chi connectivity index (χ0n) is 61.8. The monoisotopic (exact) mass is 1430 g/mol. The highest BCUT2D eigenvalue weighted by molar-refractivity contribution is 5.81. The number of hydrogen-bond acceptors (Lipinski definition) is 18. The van der Waals surface area contributed by atoms with E-state index in [0.29, 0.717) is 45.8 Å². The van der Waals surface area contributed by atoms with Crippen LogP contribution in [0, 0.1) is 39.4 Å². The van der Waals surface area contributed by atoms with Gasteiger partial charge >= 0.3 is 29.8 Å². The van der Waals surface area contributed by atoms with Gasteiger partial charge in [0.05, 0.1) is 28.1 Å². The third-order valence-corrected chi connectivity index (χ3v) is 14.5. The van der Waals surface area contributed by atoms with E-state index in [-0.39, 0.29) is 143 Å². The van der Waals surface area contributed by atoms with Crippen molar-refractivity contribution in [3.63, 3.8) is 0 Å². The summed E-state index contributed by atoms with van der Waals surface area (Å²) >= 11 is 0. The number of aromatic nitrogens is 1. The number of para-hydroxylation sites is 2. The number of benzene rings is 2. The third-order valence-electron chi connectivity index (χ3n) is 14.5. The summed E-state index contributed by atoms with van der Waals surface area (Å²) in [5.41, 5.74) is -1.38. The smallest absolute Gasteiger partial charge is 0.312 e. The summed E-state index contributed by atoms with van der Waals surface area (Å²) in [6.45, 7) is 37.5. The lowest BCUT2D eigenvalue weighted by Gasteiger charge is -2.25. The predicted molar refractivity (Wildman–Crippen MR) is 422 cm³/mol. The summed E-state index contributed by atoms with van der Waals surface area (Å²) in [5.74, 6) is 1.97. The number of carbonyl (C=O) groups excluding carboxylic acids is 7. The van der Waals surface area contributed by atoms with Crippen molar-refractivity contribution in [2.24, 2.45) is 39.4 Å². The average Bonchev–Trinajstić information content (AvgIpc) is 0.908. The van der Waals surface area contributed by atoms with Crippen molar-refractivity contribution in [1.29, 1.82) is 0 Å². The van der Waals surface area contributed by atoms with E-state index in [1.807, 2.05) is 235 Å². The molecule has 0 bridgehead atoms. The van der Waals surface area contributed by atoms with Gasteiger partial charge in [0.15, 0.2) is 0 Å². The highest BCUT2D eigenvalue weighted by atomic mass is 16.6. The molecule has 2 amide bonds. The molecule has 0 saturated heterocycles. The quantitative estimate of drug-likeness (QED) is 0.0262. The molecule has 2 aromatic carbocycles. The molecule has 100 heavy (non-hydrogen) atoms. The number of ether oxygens (including phenoxy) is 8. The topological polar surface area (TPSA) is 219 Å². The summed E-state index contributed by atoms with van der Waals surface area (Å²) in [7, 11) is 14.6. The molecule has 3 unspecified atom stereocenters. The van der Waals surface area contributed by atoms with Gasteiger partial charge in [-0.3, -0.25) is 43.4 Å². The number of hydrogen-bond donors (Lipinski definition) is 0. The van der Waals surface area contributed by atoms with Gasteiger partial charge in [-0.05, 0) is 145 Å². The van der Waals surface area contributed by atoms with Crippen molar-refractivity contribution >= 4 is 41.7 Å². The van der Waals surface area contributed by atoms with E-state index in [1.165, 1.54) is 0 Å². The molecule has 592 valence electrons. The third kappa shape index (κ3) is 61.1. The normalized spacial score (nSPS) is 10.8.